The Morgan fingerprint density at radius 3 is 2.30 bits per heavy atom. The number of carbonyl (C=O) groups is 1. The predicted molar refractivity (Wildman–Crippen MR) is 86.3 cm³/mol. The van der Waals surface area contributed by atoms with Crippen molar-refractivity contribution in [1.82, 2.24) is 9.80 Å². The second-order valence-electron chi connectivity index (χ2n) is 5.81. The summed E-state index contributed by atoms with van der Waals surface area (Å²) in [4.78, 5) is 17.2. The summed E-state index contributed by atoms with van der Waals surface area (Å²) in [6.07, 6.45) is 0. The van der Waals surface area contributed by atoms with Crippen molar-refractivity contribution in [2.45, 2.75) is 19.3 Å². The molecule has 1 saturated heterocycles. The molecule has 110 valence electrons. The van der Waals surface area contributed by atoms with E-state index in [2.05, 4.69) is 20.8 Å². The highest BCUT2D eigenvalue weighted by atomic mass is 79.9. The van der Waals surface area contributed by atoms with Gasteiger partial charge in [0.05, 0.1) is 5.41 Å². The number of benzene rings is 1. The third kappa shape index (κ3) is 3.41. The summed E-state index contributed by atoms with van der Waals surface area (Å²) in [5.41, 5.74) is 0.645. The van der Waals surface area contributed by atoms with Gasteiger partial charge in [0.15, 0.2) is 0 Å². The molecular weight excluding hydrogens is 316 g/mol. The highest BCUT2D eigenvalue weighted by molar-refractivity contribution is 9.09. The third-order valence-electron chi connectivity index (χ3n) is 4.09. The topological polar surface area (TPSA) is 23.6 Å². The molecule has 0 unspecified atom stereocenters. The SMILES string of the molecule is CC(C)(C(=O)N1CCN(CCBr)CC1)c1ccccc1. The smallest absolute Gasteiger partial charge is 0.232 e. The van der Waals surface area contributed by atoms with Crippen LogP contribution < -0.4 is 0 Å². The Morgan fingerprint density at radius 1 is 1.15 bits per heavy atom. The standard InChI is InChI=1S/C16H23BrN2O/c1-16(2,14-6-4-3-5-7-14)15(20)19-12-10-18(9-8-17)11-13-19/h3-7H,8-13H2,1-2H3. The Labute approximate surface area is 130 Å². The average Bonchev–Trinajstić information content (AvgIpc) is 2.48. The van der Waals surface area contributed by atoms with Crippen molar-refractivity contribution in [3.63, 3.8) is 0 Å². The van der Waals surface area contributed by atoms with E-state index in [1.54, 1.807) is 0 Å². The maximum atomic E-state index is 12.8. The van der Waals surface area contributed by atoms with E-state index < -0.39 is 5.41 Å². The van der Waals surface area contributed by atoms with Gasteiger partial charge in [-0.15, -0.1) is 0 Å². The van der Waals surface area contributed by atoms with Crippen molar-refractivity contribution in [3.8, 4) is 0 Å². The van der Waals surface area contributed by atoms with Gasteiger partial charge >= 0.3 is 0 Å². The van der Waals surface area contributed by atoms with Gasteiger partial charge in [-0.05, 0) is 19.4 Å². The normalized spacial score (nSPS) is 17.2. The molecule has 0 saturated carbocycles. The average molecular weight is 339 g/mol. The fraction of sp³-hybridized carbons (Fsp3) is 0.562. The van der Waals surface area contributed by atoms with Crippen LogP contribution in [0.4, 0.5) is 0 Å². The number of rotatable bonds is 4. The number of carbonyl (C=O) groups excluding carboxylic acids is 1. The number of nitrogens with zero attached hydrogens (tertiary/aromatic N) is 2. The molecule has 20 heavy (non-hydrogen) atoms. The van der Waals surface area contributed by atoms with Gasteiger partial charge in [0.25, 0.3) is 0 Å². The van der Waals surface area contributed by atoms with Crippen LogP contribution >= 0.6 is 15.9 Å². The molecule has 1 amide bonds. The van der Waals surface area contributed by atoms with E-state index in [4.69, 9.17) is 0 Å². The monoisotopic (exact) mass is 338 g/mol. The number of hydrogen-bond donors (Lipinski definition) is 0. The largest absolute Gasteiger partial charge is 0.339 e. The molecule has 0 aromatic heterocycles. The maximum Gasteiger partial charge on any atom is 0.232 e. The Kier molecular flexibility index (Phi) is 5.22. The maximum absolute atomic E-state index is 12.8. The molecule has 1 heterocycles. The minimum absolute atomic E-state index is 0.238. The van der Waals surface area contributed by atoms with Gasteiger partial charge in [-0.25, -0.2) is 0 Å². The molecule has 1 aromatic rings. The van der Waals surface area contributed by atoms with E-state index in [1.807, 2.05) is 49.1 Å². The summed E-state index contributed by atoms with van der Waals surface area (Å²) in [5, 5.41) is 0.996. The molecule has 3 nitrogen and oxygen atoms in total. The Bertz CT molecular complexity index is 439. The first kappa shape index (κ1) is 15.5. The van der Waals surface area contributed by atoms with E-state index in [-0.39, 0.29) is 5.91 Å². The van der Waals surface area contributed by atoms with E-state index in [0.717, 1.165) is 43.6 Å². The van der Waals surface area contributed by atoms with E-state index in [0.29, 0.717) is 0 Å². The lowest BCUT2D eigenvalue weighted by Gasteiger charge is -2.38. The molecule has 0 spiro atoms. The molecule has 0 aliphatic carbocycles. The minimum Gasteiger partial charge on any atom is -0.339 e. The summed E-state index contributed by atoms with van der Waals surface area (Å²) in [5.74, 6) is 0.238. The van der Waals surface area contributed by atoms with Gasteiger partial charge in [-0.2, -0.15) is 0 Å². The van der Waals surface area contributed by atoms with Gasteiger partial charge in [-0.3, -0.25) is 9.69 Å². The molecule has 1 fully saturated rings. The zero-order valence-corrected chi connectivity index (χ0v) is 13.9. The van der Waals surface area contributed by atoms with Crippen molar-refractivity contribution in [1.29, 1.82) is 0 Å². The molecule has 1 aromatic carbocycles. The number of amides is 1. The van der Waals surface area contributed by atoms with Crippen molar-refractivity contribution in [3.05, 3.63) is 35.9 Å². The molecule has 1 aliphatic heterocycles. The zero-order valence-electron chi connectivity index (χ0n) is 12.3. The molecule has 1 aliphatic rings. The molecule has 0 radical (unpaired) electrons. The lowest BCUT2D eigenvalue weighted by Crippen LogP contribution is -2.53. The van der Waals surface area contributed by atoms with Crippen LogP contribution in [0, 0.1) is 0 Å². The molecule has 4 heteroatoms. The summed E-state index contributed by atoms with van der Waals surface area (Å²) in [6, 6.07) is 10.1. The lowest BCUT2D eigenvalue weighted by molar-refractivity contribution is -0.138. The van der Waals surface area contributed by atoms with Crippen LogP contribution in [-0.2, 0) is 10.2 Å². The summed E-state index contributed by atoms with van der Waals surface area (Å²) >= 11 is 3.47. The highest BCUT2D eigenvalue weighted by Crippen LogP contribution is 2.26. The highest BCUT2D eigenvalue weighted by Gasteiger charge is 2.34. The second kappa shape index (κ2) is 6.72. The van der Waals surface area contributed by atoms with Crippen molar-refractivity contribution in [2.75, 3.05) is 38.1 Å². The first-order valence-corrected chi connectivity index (χ1v) is 8.31. The van der Waals surface area contributed by atoms with Gasteiger partial charge in [0.2, 0.25) is 5.91 Å². The number of piperazine rings is 1. The summed E-state index contributed by atoms with van der Waals surface area (Å²) in [7, 11) is 0. The number of alkyl halides is 1. The van der Waals surface area contributed by atoms with Crippen LogP contribution in [0.25, 0.3) is 0 Å². The van der Waals surface area contributed by atoms with Crippen LogP contribution in [-0.4, -0.2) is 53.8 Å². The van der Waals surface area contributed by atoms with Crippen LogP contribution in [0.3, 0.4) is 0 Å². The fourth-order valence-corrected chi connectivity index (χ4v) is 3.17. The van der Waals surface area contributed by atoms with E-state index >= 15 is 0 Å². The predicted octanol–water partition coefficient (Wildman–Crippen LogP) is 2.50. The van der Waals surface area contributed by atoms with E-state index in [9.17, 15) is 4.79 Å². The minimum atomic E-state index is -0.446. The zero-order chi connectivity index (χ0) is 14.6. The van der Waals surface area contributed by atoms with Crippen molar-refractivity contribution < 1.29 is 4.79 Å². The first-order chi connectivity index (χ1) is 9.55. The lowest BCUT2D eigenvalue weighted by atomic mass is 9.83. The fourth-order valence-electron chi connectivity index (χ4n) is 2.67. The first-order valence-electron chi connectivity index (χ1n) is 7.19. The third-order valence-corrected chi connectivity index (χ3v) is 4.45. The van der Waals surface area contributed by atoms with Gasteiger partial charge in [-0.1, -0.05) is 46.3 Å². The Hall–Kier alpha value is -0.870. The molecule has 0 bridgehead atoms. The molecule has 0 N–H and O–H groups in total. The Balaban J connectivity index is 2.01. The molecular formula is C16H23BrN2O. The summed E-state index contributed by atoms with van der Waals surface area (Å²) < 4.78 is 0. The van der Waals surface area contributed by atoms with Gasteiger partial charge < -0.3 is 4.90 Å². The molecule has 0 atom stereocenters. The number of hydrogen-bond acceptors (Lipinski definition) is 2. The van der Waals surface area contributed by atoms with Gasteiger partial charge in [0, 0.05) is 38.1 Å². The van der Waals surface area contributed by atoms with Gasteiger partial charge in [0.1, 0.15) is 0 Å². The van der Waals surface area contributed by atoms with Crippen molar-refractivity contribution in [2.24, 2.45) is 0 Å². The summed E-state index contributed by atoms with van der Waals surface area (Å²) in [6.45, 7) is 8.73. The van der Waals surface area contributed by atoms with Crippen molar-refractivity contribution >= 4 is 21.8 Å². The number of halogens is 1. The Morgan fingerprint density at radius 2 is 1.75 bits per heavy atom. The van der Waals surface area contributed by atoms with E-state index in [1.165, 1.54) is 0 Å². The van der Waals surface area contributed by atoms with Crippen LogP contribution in [0.5, 0.6) is 0 Å². The van der Waals surface area contributed by atoms with Crippen LogP contribution in [0.1, 0.15) is 19.4 Å². The van der Waals surface area contributed by atoms with Crippen LogP contribution in [0.2, 0.25) is 0 Å². The quantitative estimate of drug-likeness (QED) is 0.787. The van der Waals surface area contributed by atoms with Crippen LogP contribution in [0.15, 0.2) is 30.3 Å². The molecule has 2 rings (SSSR count). The second-order valence-corrected chi connectivity index (χ2v) is 6.61.